The Morgan fingerprint density at radius 3 is 1.10 bits per heavy atom. The van der Waals surface area contributed by atoms with E-state index in [2.05, 4.69) is 49.4 Å². The molecule has 11 nitrogen and oxygen atoms in total. The molecule has 1 aliphatic rings. The van der Waals surface area contributed by atoms with E-state index in [1.165, 1.54) is 27.1 Å². The van der Waals surface area contributed by atoms with Crippen LogP contribution in [0.2, 0.25) is 0 Å². The average Bonchev–Trinajstić information content (AvgIpc) is 3.22. The zero-order valence-electron chi connectivity index (χ0n) is 14.9. The van der Waals surface area contributed by atoms with Crippen molar-refractivity contribution >= 4 is 11.9 Å². The Labute approximate surface area is 194 Å². The fourth-order valence-corrected chi connectivity index (χ4v) is 1.42. The molecule has 0 N–H and O–H groups in total. The van der Waals surface area contributed by atoms with E-state index in [0.717, 1.165) is 0 Å². The molecule has 0 aliphatic carbocycles. The van der Waals surface area contributed by atoms with E-state index in [0.29, 0.717) is 13.2 Å². The fourth-order valence-electron chi connectivity index (χ4n) is 1.42. The minimum Gasteiger partial charge on any atom is 0 e. The second-order valence-corrected chi connectivity index (χ2v) is 3.24. The van der Waals surface area contributed by atoms with Crippen LogP contribution in [0.3, 0.4) is 0 Å². The van der Waals surface area contributed by atoms with Crippen LogP contribution in [-0.2, 0) is 90.7 Å². The van der Waals surface area contributed by atoms with Crippen molar-refractivity contribution in [2.45, 2.75) is 0 Å². The summed E-state index contributed by atoms with van der Waals surface area (Å²) >= 11 is 0. The molecule has 29 heavy (non-hydrogen) atoms. The quantitative estimate of drug-likeness (QED) is 0.191. The van der Waals surface area contributed by atoms with Crippen molar-refractivity contribution in [2.75, 3.05) is 27.4 Å². The van der Waals surface area contributed by atoms with E-state index in [-0.39, 0.29) is 50.8 Å². The molecule has 0 radical (unpaired) electrons. The van der Waals surface area contributed by atoms with Crippen LogP contribution in [0.15, 0.2) is 0 Å². The zero-order valence-corrected chi connectivity index (χ0v) is 18.4. The van der Waals surface area contributed by atoms with Crippen LogP contribution in [0.4, 0.5) is 0 Å². The standard InChI is InChI=1S/C10H14O5.6CO.2Ru/c1-13-9(11)3-7-5-15-6-8(7)4-10(12)14-2;6*1-2;;/h3-4,7-8H,5-6H2,1-2H3;;;;;;;;/q-2;;;;;;;;+2. The molecule has 0 aromatic rings. The number of rotatable bonds is 4. The van der Waals surface area contributed by atoms with E-state index in [9.17, 15) is 9.59 Å². The summed E-state index contributed by atoms with van der Waals surface area (Å²) in [4.78, 5) is 22.0. The number of hydrogen-bond donors (Lipinski definition) is 0. The summed E-state index contributed by atoms with van der Waals surface area (Å²) in [5.41, 5.74) is 0. The maximum absolute atomic E-state index is 11.0. The molecule has 0 bridgehead atoms. The average molecular weight is 584 g/mol. The van der Waals surface area contributed by atoms with E-state index in [1.54, 1.807) is 0 Å². The molecule has 0 spiro atoms. The number of ether oxygens (including phenoxy) is 3. The normalized spacial score (nSPS) is 13.0. The predicted molar refractivity (Wildman–Crippen MR) is 74.0 cm³/mol. The van der Waals surface area contributed by atoms with Gasteiger partial charge in [0.15, 0.2) is 11.9 Å². The first-order chi connectivity index (χ1) is 13.2. The third kappa shape index (κ3) is 37.7. The van der Waals surface area contributed by atoms with Gasteiger partial charge in [0.2, 0.25) is 0 Å². The molecule has 2 unspecified atom stereocenters. The molecule has 160 valence electrons. The third-order valence-corrected chi connectivity index (χ3v) is 2.27. The van der Waals surface area contributed by atoms with Crippen molar-refractivity contribution in [1.82, 2.24) is 0 Å². The first-order valence-corrected chi connectivity index (χ1v) is 5.83. The van der Waals surface area contributed by atoms with Crippen molar-refractivity contribution in [1.29, 1.82) is 0 Å². The van der Waals surface area contributed by atoms with Crippen molar-refractivity contribution < 1.29 is 90.7 Å². The third-order valence-electron chi connectivity index (χ3n) is 2.27. The molecule has 13 heteroatoms. The first-order valence-electron chi connectivity index (χ1n) is 5.83. The molecule has 1 aliphatic heterocycles. The number of carbonyl (C=O) groups excluding carboxylic acids is 2. The van der Waals surface area contributed by atoms with Gasteiger partial charge in [0.1, 0.15) is 0 Å². The molecule has 1 rings (SSSR count). The van der Waals surface area contributed by atoms with E-state index >= 15 is 0 Å². The van der Waals surface area contributed by atoms with Crippen molar-refractivity contribution in [3.63, 3.8) is 0 Å². The molecule has 1 fully saturated rings. The molecule has 0 aromatic carbocycles. The summed E-state index contributed by atoms with van der Waals surface area (Å²) in [7, 11) is 2.63. The van der Waals surface area contributed by atoms with Gasteiger partial charge in [-0.25, -0.2) is 0 Å². The second kappa shape index (κ2) is 56.2. The van der Waals surface area contributed by atoms with E-state index in [4.69, 9.17) is 32.6 Å². The van der Waals surface area contributed by atoms with Gasteiger partial charge in [-0.1, -0.05) is 0 Å². The summed E-state index contributed by atoms with van der Waals surface area (Å²) in [6.07, 6.45) is 2.86. The Hall–Kier alpha value is -1.67. The summed E-state index contributed by atoms with van der Waals surface area (Å²) in [5, 5.41) is 0. The molecule has 1 saturated heterocycles. The van der Waals surface area contributed by atoms with E-state index < -0.39 is 11.9 Å². The number of esters is 2. The first kappa shape index (κ1) is 50.7. The van der Waals surface area contributed by atoms with Crippen LogP contribution in [-0.4, -0.2) is 39.4 Å². The van der Waals surface area contributed by atoms with Crippen LogP contribution in [0.1, 0.15) is 0 Å². The SMILES string of the molecule is COC(=O)[CH-]C1COCC1[CH-]C(=O)OC.[C-]#[O+].[C-]#[O+].[C-]#[O+].[C-]#[O+].[C-]#[O+].[C-]#[O+].[Ru+2].[Ru]. The van der Waals surface area contributed by atoms with Crippen molar-refractivity contribution in [3.8, 4) is 0 Å². The Morgan fingerprint density at radius 1 is 0.724 bits per heavy atom. The number of methoxy groups -OCH3 is 2. The molecule has 0 saturated carbocycles. The number of hydrogen-bond acceptors (Lipinski definition) is 5. The van der Waals surface area contributed by atoms with Crippen LogP contribution in [0, 0.1) is 64.6 Å². The Balaban J connectivity index is -0.0000000453. The monoisotopic (exact) mass is 586 g/mol. The predicted octanol–water partition coefficient (Wildman–Crippen LogP) is -0.226. The van der Waals surface area contributed by atoms with Gasteiger partial charge in [-0.3, -0.25) is 22.4 Å². The fraction of sp³-hybridized carbons (Fsp3) is 0.375. The smallest absolute Gasteiger partial charge is 0 e. The molecule has 2 atom stereocenters. The van der Waals surface area contributed by atoms with Gasteiger partial charge in [-0.2, -0.15) is 0 Å². The second-order valence-electron chi connectivity index (χ2n) is 3.24. The zero-order chi connectivity index (χ0) is 23.3. The summed E-state index contributed by atoms with van der Waals surface area (Å²) in [6.45, 7) is 27.8. The summed E-state index contributed by atoms with van der Waals surface area (Å²) in [6, 6.07) is 0. The van der Waals surface area contributed by atoms with Gasteiger partial charge in [-0.05, 0) is 0 Å². The van der Waals surface area contributed by atoms with E-state index in [1.807, 2.05) is 0 Å². The van der Waals surface area contributed by atoms with Crippen LogP contribution < -0.4 is 0 Å². The number of carbonyl (C=O) groups is 2. The maximum Gasteiger partial charge on any atom is 2.00 e. The summed E-state index contributed by atoms with van der Waals surface area (Å²) < 4.78 is 59.2. The van der Waals surface area contributed by atoms with Crippen LogP contribution >= 0.6 is 0 Å². The van der Waals surface area contributed by atoms with Crippen LogP contribution in [0.25, 0.3) is 0 Å². The Morgan fingerprint density at radius 2 is 0.931 bits per heavy atom. The minimum absolute atomic E-state index is 0. The Kier molecular flexibility index (Phi) is 98.4. The molecule has 0 aromatic heterocycles. The summed E-state index contributed by atoms with van der Waals surface area (Å²) in [5.74, 6) is -1.05. The van der Waals surface area contributed by atoms with Crippen molar-refractivity contribution in [2.24, 2.45) is 11.8 Å². The Bertz CT molecular complexity index is 396. The van der Waals surface area contributed by atoms with Crippen LogP contribution in [0.5, 0.6) is 0 Å². The molecule has 0 amide bonds. The van der Waals surface area contributed by atoms with Crippen molar-refractivity contribution in [3.05, 3.63) is 52.7 Å². The largest absolute Gasteiger partial charge is 2.00 e. The maximum atomic E-state index is 11.0. The van der Waals surface area contributed by atoms with Gasteiger partial charge in [-0.15, -0.1) is 11.8 Å². The van der Waals surface area contributed by atoms with Gasteiger partial charge in [0.25, 0.3) is 0 Å². The van der Waals surface area contributed by atoms with Gasteiger partial charge >= 0.3 is 87.3 Å². The van der Waals surface area contributed by atoms with Gasteiger partial charge in [0.05, 0.1) is 14.2 Å². The van der Waals surface area contributed by atoms with Gasteiger partial charge < -0.3 is 14.2 Å². The minimum atomic E-state index is -0.409. The topological polar surface area (TPSA) is 181 Å². The molecular formula is C16H14O11Ru2. The van der Waals surface area contributed by atoms with Gasteiger partial charge in [0, 0.05) is 32.7 Å². The molecule has 1 heterocycles. The molecular weight excluding hydrogens is 570 g/mol.